The molecule has 0 fully saturated rings. The molecule has 0 amide bonds. The Kier molecular flexibility index (Phi) is 4.39. The van der Waals surface area contributed by atoms with Crippen molar-refractivity contribution in [3.8, 4) is 0 Å². The van der Waals surface area contributed by atoms with Gasteiger partial charge in [0.15, 0.2) is 0 Å². The summed E-state index contributed by atoms with van der Waals surface area (Å²) in [4.78, 5) is 0.885. The number of thiophene rings is 1. The molecule has 2 aromatic rings. The molecule has 0 saturated carbocycles. The maximum atomic E-state index is 13.4. The molecule has 3 nitrogen and oxygen atoms in total. The third kappa shape index (κ3) is 3.22. The van der Waals surface area contributed by atoms with E-state index in [1.807, 2.05) is 17.5 Å². The van der Waals surface area contributed by atoms with Crippen LogP contribution in [-0.2, 0) is 16.6 Å². The summed E-state index contributed by atoms with van der Waals surface area (Å²) in [5, 5.41) is 1.88. The van der Waals surface area contributed by atoms with Gasteiger partial charge in [0, 0.05) is 18.5 Å². The standard InChI is InChI=1S/C12H11BrFNO2S2/c1-15(8-9-3-2-6-18-9)19(16,17)10-4-5-11(13)12(14)7-10/h2-7H,8H2,1H3. The van der Waals surface area contributed by atoms with E-state index in [-0.39, 0.29) is 15.9 Å². The Balaban J connectivity index is 2.28. The van der Waals surface area contributed by atoms with Crippen LogP contribution in [-0.4, -0.2) is 19.8 Å². The maximum Gasteiger partial charge on any atom is 0.243 e. The van der Waals surface area contributed by atoms with Crippen LogP contribution in [0.15, 0.2) is 45.1 Å². The van der Waals surface area contributed by atoms with Crippen LogP contribution in [0.3, 0.4) is 0 Å². The highest BCUT2D eigenvalue weighted by molar-refractivity contribution is 9.10. The number of nitrogens with zero attached hydrogens (tertiary/aromatic N) is 1. The molecule has 0 atom stereocenters. The zero-order valence-corrected chi connectivity index (χ0v) is 13.2. The van der Waals surface area contributed by atoms with Gasteiger partial charge < -0.3 is 0 Å². The van der Waals surface area contributed by atoms with E-state index in [4.69, 9.17) is 0 Å². The van der Waals surface area contributed by atoms with Gasteiger partial charge in [-0.25, -0.2) is 12.8 Å². The Bertz CT molecular complexity index is 671. The Morgan fingerprint density at radius 2 is 2.11 bits per heavy atom. The van der Waals surface area contributed by atoms with E-state index in [1.165, 1.54) is 34.8 Å². The molecule has 2 rings (SSSR count). The average molecular weight is 364 g/mol. The fourth-order valence-corrected chi connectivity index (χ4v) is 3.77. The van der Waals surface area contributed by atoms with Crippen LogP contribution in [0.1, 0.15) is 4.88 Å². The zero-order chi connectivity index (χ0) is 14.0. The largest absolute Gasteiger partial charge is 0.243 e. The normalized spacial score (nSPS) is 12.0. The SMILES string of the molecule is CN(Cc1cccs1)S(=O)(=O)c1ccc(Br)c(F)c1. The van der Waals surface area contributed by atoms with Gasteiger partial charge in [-0.15, -0.1) is 11.3 Å². The first-order chi connectivity index (χ1) is 8.91. The van der Waals surface area contributed by atoms with Gasteiger partial charge in [0.05, 0.1) is 9.37 Å². The van der Waals surface area contributed by atoms with Crippen LogP contribution in [0, 0.1) is 5.82 Å². The molecule has 0 aliphatic rings. The first kappa shape index (κ1) is 14.6. The molecular formula is C12H11BrFNO2S2. The second-order valence-electron chi connectivity index (χ2n) is 3.92. The molecule has 0 aliphatic carbocycles. The Morgan fingerprint density at radius 1 is 1.37 bits per heavy atom. The summed E-state index contributed by atoms with van der Waals surface area (Å²) in [7, 11) is -2.19. The number of benzene rings is 1. The molecule has 0 bridgehead atoms. The molecule has 0 radical (unpaired) electrons. The van der Waals surface area contributed by atoms with Crippen LogP contribution < -0.4 is 0 Å². The topological polar surface area (TPSA) is 37.4 Å². The maximum absolute atomic E-state index is 13.4. The smallest absolute Gasteiger partial charge is 0.207 e. The summed E-state index contributed by atoms with van der Waals surface area (Å²) in [5.74, 6) is -0.592. The first-order valence-electron chi connectivity index (χ1n) is 5.35. The minimum atomic E-state index is -3.68. The molecule has 0 aliphatic heterocycles. The van der Waals surface area contributed by atoms with Crippen molar-refractivity contribution >= 4 is 37.3 Å². The third-order valence-electron chi connectivity index (χ3n) is 2.56. The Labute approximate surface area is 123 Å². The van der Waals surface area contributed by atoms with Gasteiger partial charge in [-0.2, -0.15) is 4.31 Å². The first-order valence-corrected chi connectivity index (χ1v) is 8.46. The molecule has 102 valence electrons. The summed E-state index contributed by atoms with van der Waals surface area (Å²) < 4.78 is 39.4. The van der Waals surface area contributed by atoms with Crippen molar-refractivity contribution in [3.05, 3.63) is 50.9 Å². The van der Waals surface area contributed by atoms with Crippen LogP contribution in [0.4, 0.5) is 4.39 Å². The lowest BCUT2D eigenvalue weighted by Crippen LogP contribution is -2.26. The predicted octanol–water partition coefficient (Wildman–Crippen LogP) is 3.47. The van der Waals surface area contributed by atoms with Crippen LogP contribution in [0.5, 0.6) is 0 Å². The fourth-order valence-electron chi connectivity index (χ4n) is 1.52. The van der Waals surface area contributed by atoms with Crippen molar-refractivity contribution in [2.45, 2.75) is 11.4 Å². The molecule has 1 heterocycles. The Hall–Kier alpha value is -0.760. The number of rotatable bonds is 4. The molecule has 1 aromatic carbocycles. The highest BCUT2D eigenvalue weighted by Gasteiger charge is 2.22. The lowest BCUT2D eigenvalue weighted by Gasteiger charge is -2.16. The van der Waals surface area contributed by atoms with Gasteiger partial charge in [0.2, 0.25) is 10.0 Å². The van der Waals surface area contributed by atoms with Gasteiger partial charge in [0.25, 0.3) is 0 Å². The van der Waals surface area contributed by atoms with Crippen molar-refractivity contribution in [1.82, 2.24) is 4.31 Å². The van der Waals surface area contributed by atoms with Gasteiger partial charge in [-0.1, -0.05) is 6.07 Å². The van der Waals surface area contributed by atoms with E-state index in [1.54, 1.807) is 0 Å². The van der Waals surface area contributed by atoms with E-state index in [2.05, 4.69) is 15.9 Å². The number of halogens is 2. The Morgan fingerprint density at radius 3 is 2.68 bits per heavy atom. The number of sulfonamides is 1. The van der Waals surface area contributed by atoms with Crippen LogP contribution in [0.25, 0.3) is 0 Å². The second-order valence-corrected chi connectivity index (χ2v) is 7.85. The summed E-state index contributed by atoms with van der Waals surface area (Å²) in [6, 6.07) is 7.51. The molecule has 0 N–H and O–H groups in total. The minimum Gasteiger partial charge on any atom is -0.207 e. The molecule has 0 spiro atoms. The van der Waals surface area contributed by atoms with E-state index in [9.17, 15) is 12.8 Å². The summed E-state index contributed by atoms with van der Waals surface area (Å²) in [6.45, 7) is 0.275. The van der Waals surface area contributed by atoms with Gasteiger partial charge >= 0.3 is 0 Å². The lowest BCUT2D eigenvalue weighted by atomic mass is 10.3. The van der Waals surface area contributed by atoms with Crippen LogP contribution in [0.2, 0.25) is 0 Å². The van der Waals surface area contributed by atoms with E-state index >= 15 is 0 Å². The molecule has 19 heavy (non-hydrogen) atoms. The highest BCUT2D eigenvalue weighted by atomic mass is 79.9. The van der Waals surface area contributed by atoms with Gasteiger partial charge in [-0.3, -0.25) is 0 Å². The van der Waals surface area contributed by atoms with Crippen molar-refractivity contribution in [3.63, 3.8) is 0 Å². The lowest BCUT2D eigenvalue weighted by molar-refractivity contribution is 0.468. The molecule has 1 aromatic heterocycles. The molecular weight excluding hydrogens is 353 g/mol. The average Bonchev–Trinajstić information content (AvgIpc) is 2.85. The van der Waals surface area contributed by atoms with E-state index in [0.29, 0.717) is 0 Å². The van der Waals surface area contributed by atoms with Crippen molar-refractivity contribution < 1.29 is 12.8 Å². The van der Waals surface area contributed by atoms with E-state index < -0.39 is 15.8 Å². The predicted molar refractivity (Wildman–Crippen MR) is 77.1 cm³/mol. The minimum absolute atomic E-state index is 0.0488. The number of hydrogen-bond acceptors (Lipinski definition) is 3. The van der Waals surface area contributed by atoms with Gasteiger partial charge in [0.1, 0.15) is 5.82 Å². The summed E-state index contributed by atoms with van der Waals surface area (Å²) in [5.41, 5.74) is 0. The quantitative estimate of drug-likeness (QED) is 0.833. The number of hydrogen-bond donors (Lipinski definition) is 0. The fraction of sp³-hybridized carbons (Fsp3) is 0.167. The van der Waals surface area contributed by atoms with Crippen molar-refractivity contribution in [2.24, 2.45) is 0 Å². The molecule has 0 saturated heterocycles. The monoisotopic (exact) mass is 363 g/mol. The van der Waals surface area contributed by atoms with Crippen molar-refractivity contribution in [1.29, 1.82) is 0 Å². The molecule has 0 unspecified atom stereocenters. The third-order valence-corrected chi connectivity index (χ3v) is 5.86. The second kappa shape index (κ2) is 5.70. The molecule has 7 heteroatoms. The summed E-state index contributed by atoms with van der Waals surface area (Å²) in [6.07, 6.45) is 0. The zero-order valence-electron chi connectivity index (χ0n) is 10.0. The van der Waals surface area contributed by atoms with E-state index in [0.717, 1.165) is 10.9 Å². The van der Waals surface area contributed by atoms with Gasteiger partial charge in [-0.05, 0) is 45.6 Å². The van der Waals surface area contributed by atoms with Crippen molar-refractivity contribution in [2.75, 3.05) is 7.05 Å². The summed E-state index contributed by atoms with van der Waals surface area (Å²) >= 11 is 4.48. The van der Waals surface area contributed by atoms with Crippen LogP contribution >= 0.6 is 27.3 Å². The highest BCUT2D eigenvalue weighted by Crippen LogP contribution is 2.23.